The lowest BCUT2D eigenvalue weighted by Gasteiger charge is -2.38. The number of carbonyl (C=O) groups is 4. The lowest BCUT2D eigenvalue weighted by atomic mass is 9.70. The molecule has 1 spiro atoms. The number of amides is 3. The number of rotatable bonds is 15. The van der Waals surface area contributed by atoms with Gasteiger partial charge in [-0.2, -0.15) is 0 Å². The Bertz CT molecular complexity index is 1520. The maximum Gasteiger partial charge on any atom is 0.313 e. The Hall–Kier alpha value is -4.00. The molecule has 1 unspecified atom stereocenters. The summed E-state index contributed by atoms with van der Waals surface area (Å²) in [6, 6.07) is 14.1. The Morgan fingerprint density at radius 1 is 1.17 bits per heavy atom. The van der Waals surface area contributed by atoms with Crippen LogP contribution < -0.4 is 15.0 Å². The van der Waals surface area contributed by atoms with Gasteiger partial charge in [-0.1, -0.05) is 58.4 Å². The molecule has 11 nitrogen and oxygen atoms in total. The summed E-state index contributed by atoms with van der Waals surface area (Å²) < 4.78 is 18.0. The average Bonchev–Trinajstić information content (AvgIpc) is 3.70. The number of halogens is 1. The van der Waals surface area contributed by atoms with Crippen molar-refractivity contribution < 1.29 is 38.5 Å². The van der Waals surface area contributed by atoms with Crippen molar-refractivity contribution in [3.05, 3.63) is 85.5 Å². The maximum absolute atomic E-state index is 14.7. The van der Waals surface area contributed by atoms with Crippen LogP contribution in [0.4, 0.5) is 5.69 Å². The number of anilines is 1. The largest absolute Gasteiger partial charge is 0.497 e. The molecule has 3 heterocycles. The maximum atomic E-state index is 14.7. The number of esters is 1. The van der Waals surface area contributed by atoms with Crippen molar-refractivity contribution in [2.24, 2.45) is 11.8 Å². The van der Waals surface area contributed by atoms with Crippen molar-refractivity contribution in [2.45, 2.75) is 60.9 Å². The van der Waals surface area contributed by atoms with E-state index in [1.165, 1.54) is 9.80 Å². The summed E-state index contributed by atoms with van der Waals surface area (Å²) in [6.45, 7) is 8.91. The number of benzene rings is 2. The van der Waals surface area contributed by atoms with Gasteiger partial charge in [-0.3, -0.25) is 19.2 Å². The van der Waals surface area contributed by atoms with Crippen LogP contribution >= 0.6 is 15.9 Å². The first-order chi connectivity index (χ1) is 23.1. The van der Waals surface area contributed by atoms with Gasteiger partial charge in [-0.05, 0) is 49.6 Å². The molecule has 3 aliphatic rings. The number of ether oxygens (including phenoxy) is 3. The van der Waals surface area contributed by atoms with Gasteiger partial charge < -0.3 is 34.4 Å². The Morgan fingerprint density at radius 2 is 1.88 bits per heavy atom. The molecule has 0 aromatic heterocycles. The lowest BCUT2D eigenvalue weighted by Crippen LogP contribution is -2.58. The third-order valence-electron chi connectivity index (χ3n) is 9.42. The van der Waals surface area contributed by atoms with E-state index in [1.807, 2.05) is 18.2 Å². The molecule has 12 heteroatoms. The Kier molecular flexibility index (Phi) is 11.1. The van der Waals surface area contributed by atoms with Crippen molar-refractivity contribution in [2.75, 3.05) is 31.7 Å². The molecule has 2 aromatic carbocycles. The number of likely N-dealkylation sites (tertiary alicyclic amines) is 1. The molecule has 0 saturated carbocycles. The topological polar surface area (TPSA) is 135 Å². The third kappa shape index (κ3) is 6.53. The molecule has 3 amide bonds. The van der Waals surface area contributed by atoms with E-state index in [0.29, 0.717) is 23.4 Å². The van der Waals surface area contributed by atoms with Crippen molar-refractivity contribution in [1.82, 2.24) is 10.2 Å². The van der Waals surface area contributed by atoms with E-state index in [9.17, 15) is 24.3 Å². The normalized spacial score (nSPS) is 26.7. The van der Waals surface area contributed by atoms with Crippen molar-refractivity contribution in [3.8, 4) is 5.75 Å². The molecule has 3 aliphatic heterocycles. The van der Waals surface area contributed by atoms with E-state index >= 15 is 0 Å². The molecule has 2 bridgehead atoms. The SMILES string of the molecule is C=CCCC(=O)NC[C@H](OC(=O)[C@H]1[C@@H]2O[C@@]3(CC2Br)[C@@H]1C(=O)N([C@H](C)CO)[C@@H]3C(=O)N(CC=C)c1ccc(OC)cc1)c1ccccc1. The van der Waals surface area contributed by atoms with E-state index in [2.05, 4.69) is 34.4 Å². The highest BCUT2D eigenvalue weighted by Crippen LogP contribution is 2.61. The fourth-order valence-electron chi connectivity index (χ4n) is 7.18. The number of nitrogens with zero attached hydrogens (tertiary/aromatic N) is 2. The molecule has 2 aromatic rings. The first kappa shape index (κ1) is 35.3. The first-order valence-corrected chi connectivity index (χ1v) is 17.0. The van der Waals surface area contributed by atoms with Crippen molar-refractivity contribution in [1.29, 1.82) is 0 Å². The highest BCUT2D eigenvalue weighted by molar-refractivity contribution is 9.09. The number of hydrogen-bond acceptors (Lipinski definition) is 8. The van der Waals surface area contributed by atoms with Crippen LogP contribution in [-0.2, 0) is 28.7 Å². The van der Waals surface area contributed by atoms with Crippen LogP contribution in [0.1, 0.15) is 37.9 Å². The molecular weight excluding hydrogens is 682 g/mol. The fourth-order valence-corrected chi connectivity index (χ4v) is 8.12. The van der Waals surface area contributed by atoms with Crippen LogP contribution in [0.2, 0.25) is 0 Å². The third-order valence-corrected chi connectivity index (χ3v) is 10.3. The second kappa shape index (κ2) is 15.0. The molecule has 0 radical (unpaired) electrons. The number of methoxy groups -OCH3 is 1. The van der Waals surface area contributed by atoms with Gasteiger partial charge >= 0.3 is 5.97 Å². The van der Waals surface area contributed by atoms with Gasteiger partial charge in [0.15, 0.2) is 0 Å². The Labute approximate surface area is 289 Å². The number of fused-ring (bicyclic) bond motifs is 1. The Morgan fingerprint density at radius 3 is 2.50 bits per heavy atom. The number of hydrogen-bond donors (Lipinski definition) is 2. The minimum absolute atomic E-state index is 0.0264. The van der Waals surface area contributed by atoms with Crippen LogP contribution in [0.15, 0.2) is 79.9 Å². The molecule has 48 heavy (non-hydrogen) atoms. The summed E-state index contributed by atoms with van der Waals surface area (Å²) in [4.78, 5) is 58.3. The quantitative estimate of drug-likeness (QED) is 0.161. The van der Waals surface area contributed by atoms with Gasteiger partial charge in [0, 0.05) is 23.5 Å². The summed E-state index contributed by atoms with van der Waals surface area (Å²) in [6.07, 6.45) is 2.70. The molecule has 2 N–H and O–H groups in total. The van der Waals surface area contributed by atoms with Gasteiger partial charge in [-0.15, -0.1) is 13.2 Å². The van der Waals surface area contributed by atoms with Gasteiger partial charge in [-0.25, -0.2) is 0 Å². The second-order valence-corrected chi connectivity index (χ2v) is 13.5. The second-order valence-electron chi connectivity index (χ2n) is 12.3. The molecule has 0 aliphatic carbocycles. The molecule has 3 fully saturated rings. The molecule has 8 atom stereocenters. The van der Waals surface area contributed by atoms with E-state index in [-0.39, 0.29) is 36.7 Å². The number of nitrogens with one attached hydrogen (secondary N) is 1. The number of alkyl halides is 1. The monoisotopic (exact) mass is 723 g/mol. The van der Waals surface area contributed by atoms with Crippen molar-refractivity contribution in [3.63, 3.8) is 0 Å². The number of allylic oxidation sites excluding steroid dienone is 1. The first-order valence-electron chi connectivity index (χ1n) is 16.1. The zero-order chi connectivity index (χ0) is 34.6. The van der Waals surface area contributed by atoms with E-state index in [4.69, 9.17) is 14.2 Å². The van der Waals surface area contributed by atoms with Crippen LogP contribution in [0.25, 0.3) is 0 Å². The van der Waals surface area contributed by atoms with E-state index in [0.717, 1.165) is 0 Å². The van der Waals surface area contributed by atoms with E-state index < -0.39 is 66.1 Å². The van der Waals surface area contributed by atoms with E-state index in [1.54, 1.807) is 62.6 Å². The number of carbonyl (C=O) groups excluding carboxylic acids is 4. The van der Waals surface area contributed by atoms with Gasteiger partial charge in [0.25, 0.3) is 5.91 Å². The summed E-state index contributed by atoms with van der Waals surface area (Å²) in [5.41, 5.74) is -0.137. The number of aliphatic hydroxyl groups is 1. The summed E-state index contributed by atoms with van der Waals surface area (Å²) in [5.74, 6) is -3.22. The summed E-state index contributed by atoms with van der Waals surface area (Å²) >= 11 is 3.69. The molecular formula is C36H42BrN3O8. The van der Waals surface area contributed by atoms with Gasteiger partial charge in [0.05, 0.1) is 44.2 Å². The van der Waals surface area contributed by atoms with Crippen LogP contribution in [-0.4, -0.2) is 89.1 Å². The minimum atomic E-state index is -1.37. The fraction of sp³-hybridized carbons (Fsp3) is 0.444. The lowest BCUT2D eigenvalue weighted by molar-refractivity contribution is -0.160. The highest BCUT2D eigenvalue weighted by atomic mass is 79.9. The predicted octanol–water partition coefficient (Wildman–Crippen LogP) is 3.71. The van der Waals surface area contributed by atoms with Gasteiger partial charge in [0.1, 0.15) is 23.5 Å². The zero-order valence-electron chi connectivity index (χ0n) is 27.1. The minimum Gasteiger partial charge on any atom is -0.497 e. The summed E-state index contributed by atoms with van der Waals surface area (Å²) in [7, 11) is 1.55. The van der Waals surface area contributed by atoms with Crippen LogP contribution in [0, 0.1) is 11.8 Å². The smallest absolute Gasteiger partial charge is 0.313 e. The zero-order valence-corrected chi connectivity index (χ0v) is 28.7. The van der Waals surface area contributed by atoms with Crippen LogP contribution in [0.5, 0.6) is 5.75 Å². The average molecular weight is 725 g/mol. The standard InChI is InChI=1S/C36H42BrN3O8/c1-5-7-13-28(42)38-20-27(23-11-9-8-10-12-23)47-35(45)29-30-33(43)40(22(3)21-41)32(36(30)19-26(37)31(29)48-36)34(44)39(18-6-2)24-14-16-25(46-4)17-15-24/h5-6,8-12,14-17,22,26-27,29-32,41H,1-2,7,13,18-21H2,3-4H3,(H,38,42)/t22-,26?,27+,29-,30+,31-,32-,36+/m1/s1. The summed E-state index contributed by atoms with van der Waals surface area (Å²) in [5, 5.41) is 13.1. The predicted molar refractivity (Wildman–Crippen MR) is 182 cm³/mol. The Balaban J connectivity index is 1.48. The van der Waals surface area contributed by atoms with Crippen molar-refractivity contribution >= 4 is 45.3 Å². The van der Waals surface area contributed by atoms with Gasteiger partial charge in [0.2, 0.25) is 11.8 Å². The molecule has 256 valence electrons. The number of aliphatic hydroxyl groups excluding tert-OH is 1. The highest BCUT2D eigenvalue weighted by Gasteiger charge is 2.77. The molecule has 5 rings (SSSR count). The van der Waals surface area contributed by atoms with Crippen LogP contribution in [0.3, 0.4) is 0 Å². The molecule has 3 saturated heterocycles.